The largest absolute Gasteiger partial charge is 0.321 e. The Bertz CT molecular complexity index is 1870. The first kappa shape index (κ1) is 32.8. The molecule has 0 spiro atoms. The van der Waals surface area contributed by atoms with Crippen molar-refractivity contribution < 1.29 is 14.4 Å². The SMILES string of the molecule is O=C(Nc1ccc(SC(C(=O)Nc2ccc(Cl)cn2)c2ccccc2)cc1)/C(=C/c1cccc(Cl)c1Cl)NC(=O)c1ccccc1. The van der Waals surface area contributed by atoms with Gasteiger partial charge >= 0.3 is 0 Å². The van der Waals surface area contributed by atoms with E-state index in [1.807, 2.05) is 30.3 Å². The van der Waals surface area contributed by atoms with Gasteiger partial charge < -0.3 is 16.0 Å². The molecule has 3 N–H and O–H groups in total. The van der Waals surface area contributed by atoms with E-state index in [1.165, 1.54) is 24.0 Å². The number of nitrogens with one attached hydrogen (secondary N) is 3. The Kier molecular flexibility index (Phi) is 11.1. The summed E-state index contributed by atoms with van der Waals surface area (Å²) in [6.45, 7) is 0. The van der Waals surface area contributed by atoms with Gasteiger partial charge in [-0.15, -0.1) is 11.8 Å². The summed E-state index contributed by atoms with van der Waals surface area (Å²) < 4.78 is 0. The second-order valence-corrected chi connectivity index (χ2v) is 12.2. The Morgan fingerprint density at radius 1 is 0.739 bits per heavy atom. The number of amides is 3. The van der Waals surface area contributed by atoms with Crippen LogP contribution in [-0.2, 0) is 9.59 Å². The van der Waals surface area contributed by atoms with E-state index in [1.54, 1.807) is 84.9 Å². The van der Waals surface area contributed by atoms with Gasteiger partial charge in [0.2, 0.25) is 5.91 Å². The maximum absolute atomic E-state index is 13.5. The zero-order chi connectivity index (χ0) is 32.5. The van der Waals surface area contributed by atoms with Gasteiger partial charge in [0.25, 0.3) is 11.8 Å². The van der Waals surface area contributed by atoms with Gasteiger partial charge in [-0.3, -0.25) is 14.4 Å². The molecule has 0 fully saturated rings. The fourth-order valence-corrected chi connectivity index (χ4v) is 5.72. The summed E-state index contributed by atoms with van der Waals surface area (Å²) in [6.07, 6.45) is 2.93. The van der Waals surface area contributed by atoms with Gasteiger partial charge in [-0.2, -0.15) is 0 Å². The number of hydrogen-bond donors (Lipinski definition) is 3. The molecule has 5 aromatic rings. The van der Waals surface area contributed by atoms with Gasteiger partial charge in [0, 0.05) is 22.3 Å². The molecule has 11 heteroatoms. The number of thioether (sulfide) groups is 1. The number of carbonyl (C=O) groups excluding carboxylic acids is 3. The van der Waals surface area contributed by atoms with Crippen molar-refractivity contribution >= 4 is 81.9 Å². The van der Waals surface area contributed by atoms with Gasteiger partial charge in [-0.25, -0.2) is 4.98 Å². The van der Waals surface area contributed by atoms with Crippen molar-refractivity contribution in [2.24, 2.45) is 0 Å². The van der Waals surface area contributed by atoms with Crippen LogP contribution in [0.15, 0.2) is 132 Å². The molecule has 0 saturated heterocycles. The first-order chi connectivity index (χ1) is 22.3. The third kappa shape index (κ3) is 8.77. The molecule has 3 amide bonds. The highest BCUT2D eigenvalue weighted by molar-refractivity contribution is 8.00. The predicted octanol–water partition coefficient (Wildman–Crippen LogP) is 8.92. The molecule has 1 unspecified atom stereocenters. The molecule has 7 nitrogen and oxygen atoms in total. The molecule has 46 heavy (non-hydrogen) atoms. The summed E-state index contributed by atoms with van der Waals surface area (Å²) in [6, 6.07) is 33.2. The summed E-state index contributed by atoms with van der Waals surface area (Å²) in [5, 5.41) is 8.78. The Hall–Kier alpha value is -4.60. The smallest absolute Gasteiger partial charge is 0.272 e. The minimum absolute atomic E-state index is 0.0342. The molecule has 5 rings (SSSR count). The van der Waals surface area contributed by atoms with E-state index in [0.717, 1.165) is 10.5 Å². The van der Waals surface area contributed by atoms with Crippen molar-refractivity contribution in [2.45, 2.75) is 10.1 Å². The van der Waals surface area contributed by atoms with Crippen LogP contribution in [0.5, 0.6) is 0 Å². The number of pyridine rings is 1. The molecule has 0 aliphatic heterocycles. The second-order valence-electron chi connectivity index (χ2n) is 9.76. The normalized spacial score (nSPS) is 11.8. The van der Waals surface area contributed by atoms with Crippen LogP contribution in [0.3, 0.4) is 0 Å². The quantitative estimate of drug-likeness (QED) is 0.101. The van der Waals surface area contributed by atoms with Crippen LogP contribution in [-0.4, -0.2) is 22.7 Å². The molecular weight excluding hydrogens is 663 g/mol. The monoisotopic (exact) mass is 686 g/mol. The Morgan fingerprint density at radius 2 is 1.43 bits per heavy atom. The highest BCUT2D eigenvalue weighted by atomic mass is 35.5. The summed E-state index contributed by atoms with van der Waals surface area (Å²) in [5.74, 6) is -0.910. The van der Waals surface area contributed by atoms with E-state index in [4.69, 9.17) is 34.8 Å². The van der Waals surface area contributed by atoms with Crippen LogP contribution in [0, 0.1) is 0 Å². The number of halogens is 3. The number of anilines is 2. The lowest BCUT2D eigenvalue weighted by Gasteiger charge is -2.17. The second kappa shape index (κ2) is 15.6. The molecule has 1 aromatic heterocycles. The van der Waals surface area contributed by atoms with Gasteiger partial charge in [-0.1, -0.05) is 95.5 Å². The van der Waals surface area contributed by atoms with Gasteiger partial charge in [0.15, 0.2) is 0 Å². The van der Waals surface area contributed by atoms with E-state index >= 15 is 0 Å². The maximum Gasteiger partial charge on any atom is 0.272 e. The lowest BCUT2D eigenvalue weighted by Crippen LogP contribution is -2.30. The lowest BCUT2D eigenvalue weighted by atomic mass is 10.1. The number of aromatic nitrogens is 1. The topological polar surface area (TPSA) is 100 Å². The van der Waals surface area contributed by atoms with Crippen LogP contribution in [0.25, 0.3) is 6.08 Å². The molecule has 0 radical (unpaired) electrons. The average molecular weight is 688 g/mol. The van der Waals surface area contributed by atoms with Crippen LogP contribution in [0.4, 0.5) is 11.5 Å². The van der Waals surface area contributed by atoms with Gasteiger partial charge in [0.05, 0.1) is 15.1 Å². The minimum atomic E-state index is -0.593. The third-order valence-corrected chi connectivity index (χ3v) is 8.82. The Labute approximate surface area is 285 Å². The molecule has 1 atom stereocenters. The Balaban J connectivity index is 1.34. The van der Waals surface area contributed by atoms with Crippen molar-refractivity contribution in [1.29, 1.82) is 0 Å². The predicted molar refractivity (Wildman–Crippen MR) is 186 cm³/mol. The number of carbonyl (C=O) groups is 3. The number of nitrogens with zero attached hydrogens (tertiary/aromatic N) is 1. The highest BCUT2D eigenvalue weighted by Crippen LogP contribution is 2.37. The van der Waals surface area contributed by atoms with E-state index in [-0.39, 0.29) is 16.6 Å². The van der Waals surface area contributed by atoms with E-state index in [0.29, 0.717) is 32.7 Å². The van der Waals surface area contributed by atoms with Crippen molar-refractivity contribution in [3.05, 3.63) is 159 Å². The molecule has 230 valence electrons. The summed E-state index contributed by atoms with van der Waals surface area (Å²) in [4.78, 5) is 44.7. The van der Waals surface area contributed by atoms with Crippen molar-refractivity contribution in [1.82, 2.24) is 10.3 Å². The van der Waals surface area contributed by atoms with E-state index < -0.39 is 17.1 Å². The molecule has 4 aromatic carbocycles. The minimum Gasteiger partial charge on any atom is -0.321 e. The van der Waals surface area contributed by atoms with Crippen molar-refractivity contribution in [2.75, 3.05) is 10.6 Å². The average Bonchev–Trinajstić information content (AvgIpc) is 3.07. The summed E-state index contributed by atoms with van der Waals surface area (Å²) in [7, 11) is 0. The zero-order valence-electron chi connectivity index (χ0n) is 23.9. The van der Waals surface area contributed by atoms with E-state index in [9.17, 15) is 14.4 Å². The van der Waals surface area contributed by atoms with Crippen LogP contribution in [0.2, 0.25) is 15.1 Å². The molecule has 0 aliphatic rings. The molecule has 0 saturated carbocycles. The molecule has 0 aliphatic carbocycles. The summed E-state index contributed by atoms with van der Waals surface area (Å²) >= 11 is 19.8. The van der Waals surface area contributed by atoms with E-state index in [2.05, 4.69) is 20.9 Å². The maximum atomic E-state index is 13.5. The third-order valence-electron chi connectivity index (χ3n) is 6.50. The fraction of sp³-hybridized carbons (Fsp3) is 0.0286. The summed E-state index contributed by atoms with van der Waals surface area (Å²) in [5.41, 5.74) is 2.08. The van der Waals surface area contributed by atoms with Crippen LogP contribution in [0.1, 0.15) is 26.7 Å². The molecule has 1 heterocycles. The highest BCUT2D eigenvalue weighted by Gasteiger charge is 2.23. The van der Waals surface area contributed by atoms with Crippen LogP contribution < -0.4 is 16.0 Å². The number of rotatable bonds is 10. The Morgan fingerprint density at radius 3 is 2.11 bits per heavy atom. The lowest BCUT2D eigenvalue weighted by molar-refractivity contribution is -0.116. The zero-order valence-corrected chi connectivity index (χ0v) is 27.0. The van der Waals surface area contributed by atoms with Gasteiger partial charge in [-0.05, 0) is 71.8 Å². The van der Waals surface area contributed by atoms with Crippen LogP contribution >= 0.6 is 46.6 Å². The van der Waals surface area contributed by atoms with Crippen molar-refractivity contribution in [3.8, 4) is 0 Å². The fourth-order valence-electron chi connectivity index (χ4n) is 4.22. The number of hydrogen-bond acceptors (Lipinski definition) is 5. The first-order valence-electron chi connectivity index (χ1n) is 13.8. The first-order valence-corrected chi connectivity index (χ1v) is 15.9. The standard InChI is InChI=1S/C35H25Cl3N4O3S/c36-25-14-19-30(39-21-25)42-35(45)32(22-8-3-1-4-9-22)46-27-17-15-26(16-18-27)40-34(44)29(20-24-12-7-13-28(37)31(24)38)41-33(43)23-10-5-2-6-11-23/h1-21,32H,(H,40,44)(H,41,43)(H,39,42,45)/b29-20-. The number of benzene rings is 4. The molecular formula is C35H25Cl3N4O3S. The molecule has 0 bridgehead atoms. The van der Waals surface area contributed by atoms with Crippen molar-refractivity contribution in [3.63, 3.8) is 0 Å². The van der Waals surface area contributed by atoms with Gasteiger partial charge in [0.1, 0.15) is 16.8 Å².